The summed E-state index contributed by atoms with van der Waals surface area (Å²) in [5, 5.41) is 11.7. The second-order valence-corrected chi connectivity index (χ2v) is 6.15. The molecule has 0 aromatic rings. The summed E-state index contributed by atoms with van der Waals surface area (Å²) in [5.74, 6) is 0.437. The van der Waals surface area contributed by atoms with Gasteiger partial charge in [-0.15, -0.1) is 0 Å². The lowest BCUT2D eigenvalue weighted by Crippen LogP contribution is -2.38. The van der Waals surface area contributed by atoms with Crippen LogP contribution in [0.4, 0.5) is 0 Å². The monoisotopic (exact) mass is 250 g/mol. The topological polar surface area (TPSA) is 86.7 Å². The number of sulfone groups is 1. The molecule has 94 valence electrons. The highest BCUT2D eigenvalue weighted by Crippen LogP contribution is 2.10. The third kappa shape index (κ3) is 4.46. The van der Waals surface area contributed by atoms with Crippen molar-refractivity contribution in [2.75, 3.05) is 37.7 Å². The molecular formula is C9H18N2O4S. The van der Waals surface area contributed by atoms with Gasteiger partial charge in [0, 0.05) is 25.7 Å². The van der Waals surface area contributed by atoms with Crippen LogP contribution in [0.15, 0.2) is 0 Å². The van der Waals surface area contributed by atoms with Gasteiger partial charge in [0.2, 0.25) is 6.41 Å². The van der Waals surface area contributed by atoms with E-state index in [1.807, 2.05) is 0 Å². The normalized spacial score (nSPS) is 23.2. The minimum atomic E-state index is -2.85. The maximum Gasteiger partial charge on any atom is 0.209 e. The van der Waals surface area contributed by atoms with Gasteiger partial charge >= 0.3 is 0 Å². The first kappa shape index (κ1) is 13.4. The number of carbonyl (C=O) groups is 1. The lowest BCUT2D eigenvalue weighted by atomic mass is 10.2. The molecule has 0 aliphatic carbocycles. The van der Waals surface area contributed by atoms with Gasteiger partial charge in [0.1, 0.15) is 0 Å². The molecule has 1 aliphatic heterocycles. The van der Waals surface area contributed by atoms with Crippen LogP contribution in [0.3, 0.4) is 0 Å². The van der Waals surface area contributed by atoms with E-state index >= 15 is 0 Å². The van der Waals surface area contributed by atoms with Crippen molar-refractivity contribution < 1.29 is 18.3 Å². The Morgan fingerprint density at radius 1 is 1.44 bits per heavy atom. The van der Waals surface area contributed by atoms with Crippen LogP contribution in [0.5, 0.6) is 0 Å². The fourth-order valence-electron chi connectivity index (χ4n) is 1.71. The van der Waals surface area contributed by atoms with Crippen molar-refractivity contribution in [3.63, 3.8) is 0 Å². The molecule has 0 unspecified atom stereocenters. The van der Waals surface area contributed by atoms with Crippen molar-refractivity contribution in [2.24, 2.45) is 0 Å². The molecule has 0 aromatic carbocycles. The first-order valence-electron chi connectivity index (χ1n) is 5.31. The highest BCUT2D eigenvalue weighted by atomic mass is 32.2. The van der Waals surface area contributed by atoms with Crippen molar-refractivity contribution >= 4 is 16.2 Å². The Balaban J connectivity index is 2.18. The maximum absolute atomic E-state index is 11.2. The SMILES string of the molecule is O=CN(CCO)CCN[C@H]1CCS(=O)(=O)C1. The van der Waals surface area contributed by atoms with E-state index in [4.69, 9.17) is 5.11 Å². The molecule has 0 radical (unpaired) electrons. The standard InChI is InChI=1S/C9H18N2O4S/c12-5-4-11(8-13)3-2-10-9-1-6-16(14,15)7-9/h8-10,12H,1-7H2/t9-/m0/s1. The minimum Gasteiger partial charge on any atom is -0.395 e. The lowest BCUT2D eigenvalue weighted by Gasteiger charge is -2.17. The lowest BCUT2D eigenvalue weighted by molar-refractivity contribution is -0.118. The van der Waals surface area contributed by atoms with Gasteiger partial charge in [-0.1, -0.05) is 0 Å². The molecule has 0 saturated carbocycles. The van der Waals surface area contributed by atoms with Gasteiger partial charge in [-0.3, -0.25) is 4.79 Å². The summed E-state index contributed by atoms with van der Waals surface area (Å²) in [6.45, 7) is 1.30. The van der Waals surface area contributed by atoms with Crippen LogP contribution in [0.2, 0.25) is 0 Å². The van der Waals surface area contributed by atoms with Gasteiger partial charge in [-0.2, -0.15) is 0 Å². The Morgan fingerprint density at radius 2 is 2.19 bits per heavy atom. The van der Waals surface area contributed by atoms with E-state index in [0.29, 0.717) is 32.5 Å². The van der Waals surface area contributed by atoms with E-state index in [1.54, 1.807) is 0 Å². The van der Waals surface area contributed by atoms with Gasteiger partial charge in [0.15, 0.2) is 9.84 Å². The van der Waals surface area contributed by atoms with E-state index < -0.39 is 9.84 Å². The Hall–Kier alpha value is -0.660. The quantitative estimate of drug-likeness (QED) is 0.521. The Bertz CT molecular complexity index is 317. The number of hydrogen-bond donors (Lipinski definition) is 2. The van der Waals surface area contributed by atoms with Gasteiger partial charge in [0.25, 0.3) is 0 Å². The van der Waals surface area contributed by atoms with Crippen LogP contribution < -0.4 is 5.32 Å². The van der Waals surface area contributed by atoms with Crippen molar-refractivity contribution in [3.8, 4) is 0 Å². The van der Waals surface area contributed by atoms with E-state index in [-0.39, 0.29) is 24.2 Å². The Kier molecular flexibility index (Phi) is 5.17. The van der Waals surface area contributed by atoms with Crippen molar-refractivity contribution in [1.82, 2.24) is 10.2 Å². The molecule has 1 heterocycles. The maximum atomic E-state index is 11.2. The summed E-state index contributed by atoms with van der Waals surface area (Å²) in [6, 6.07) is 0.00706. The molecule has 1 amide bonds. The molecular weight excluding hydrogens is 232 g/mol. The Morgan fingerprint density at radius 3 is 2.69 bits per heavy atom. The number of aliphatic hydroxyl groups is 1. The first-order chi connectivity index (χ1) is 7.57. The predicted octanol–water partition coefficient (Wildman–Crippen LogP) is -1.79. The smallest absolute Gasteiger partial charge is 0.209 e. The summed E-state index contributed by atoms with van der Waals surface area (Å²) in [7, 11) is -2.85. The average Bonchev–Trinajstić information content (AvgIpc) is 2.57. The van der Waals surface area contributed by atoms with Crippen molar-refractivity contribution in [3.05, 3.63) is 0 Å². The summed E-state index contributed by atoms with van der Waals surface area (Å²) < 4.78 is 22.3. The van der Waals surface area contributed by atoms with Gasteiger partial charge in [-0.05, 0) is 6.42 Å². The highest BCUT2D eigenvalue weighted by Gasteiger charge is 2.27. The average molecular weight is 250 g/mol. The molecule has 0 bridgehead atoms. The largest absolute Gasteiger partial charge is 0.395 e. The molecule has 1 fully saturated rings. The van der Waals surface area contributed by atoms with Gasteiger partial charge in [0.05, 0.1) is 18.1 Å². The van der Waals surface area contributed by atoms with E-state index in [2.05, 4.69) is 5.32 Å². The summed E-state index contributed by atoms with van der Waals surface area (Å²) >= 11 is 0. The predicted molar refractivity (Wildman–Crippen MR) is 59.8 cm³/mol. The van der Waals surface area contributed by atoms with E-state index in [1.165, 1.54) is 4.90 Å². The molecule has 1 saturated heterocycles. The van der Waals surface area contributed by atoms with Crippen molar-refractivity contribution in [1.29, 1.82) is 0 Å². The third-order valence-electron chi connectivity index (χ3n) is 2.60. The second-order valence-electron chi connectivity index (χ2n) is 3.92. The number of amides is 1. The molecule has 1 rings (SSSR count). The number of carbonyl (C=O) groups excluding carboxylic acids is 1. The summed E-state index contributed by atoms with van der Waals surface area (Å²) in [6.07, 6.45) is 1.33. The molecule has 7 heteroatoms. The van der Waals surface area contributed by atoms with Crippen LogP contribution in [-0.2, 0) is 14.6 Å². The Labute approximate surface area is 95.5 Å². The molecule has 16 heavy (non-hydrogen) atoms. The number of rotatable bonds is 7. The third-order valence-corrected chi connectivity index (χ3v) is 4.37. The van der Waals surface area contributed by atoms with E-state index in [9.17, 15) is 13.2 Å². The zero-order chi connectivity index (χ0) is 12.0. The van der Waals surface area contributed by atoms with Gasteiger partial charge < -0.3 is 15.3 Å². The number of nitrogens with one attached hydrogen (secondary N) is 1. The van der Waals surface area contributed by atoms with Crippen LogP contribution >= 0.6 is 0 Å². The van der Waals surface area contributed by atoms with Crippen molar-refractivity contribution in [2.45, 2.75) is 12.5 Å². The fraction of sp³-hybridized carbons (Fsp3) is 0.889. The zero-order valence-corrected chi connectivity index (χ0v) is 9.95. The van der Waals surface area contributed by atoms with Crippen LogP contribution in [-0.4, -0.2) is 68.6 Å². The highest BCUT2D eigenvalue weighted by molar-refractivity contribution is 7.91. The molecule has 2 N–H and O–H groups in total. The number of aliphatic hydroxyl groups excluding tert-OH is 1. The van der Waals surface area contributed by atoms with Gasteiger partial charge in [-0.25, -0.2) is 8.42 Å². The van der Waals surface area contributed by atoms with Crippen LogP contribution in [0, 0.1) is 0 Å². The zero-order valence-electron chi connectivity index (χ0n) is 9.13. The summed E-state index contributed by atoms with van der Waals surface area (Å²) in [5.41, 5.74) is 0. The first-order valence-corrected chi connectivity index (χ1v) is 7.13. The van der Waals surface area contributed by atoms with Crippen LogP contribution in [0.1, 0.15) is 6.42 Å². The molecule has 0 aromatic heterocycles. The fourth-order valence-corrected chi connectivity index (χ4v) is 3.42. The number of hydrogen-bond acceptors (Lipinski definition) is 5. The summed E-state index contributed by atoms with van der Waals surface area (Å²) in [4.78, 5) is 12.0. The molecule has 1 aliphatic rings. The van der Waals surface area contributed by atoms with Crippen LogP contribution in [0.25, 0.3) is 0 Å². The number of nitrogens with zero attached hydrogens (tertiary/aromatic N) is 1. The molecule has 6 nitrogen and oxygen atoms in total. The molecule has 1 atom stereocenters. The minimum absolute atomic E-state index is 0.00706. The molecule has 0 spiro atoms. The van der Waals surface area contributed by atoms with E-state index in [0.717, 1.165) is 0 Å². The second kappa shape index (κ2) is 6.17.